The standard InChI is InChI=1S/C14H30N2O2/c1-14(12-15,11-13-5-4-6-13)16(7-9-17-2)8-10-18-3/h13H,4-12,15H2,1-3H3. The monoisotopic (exact) mass is 258 g/mol. The van der Waals surface area contributed by atoms with E-state index in [2.05, 4.69) is 11.8 Å². The van der Waals surface area contributed by atoms with Crippen molar-refractivity contribution < 1.29 is 9.47 Å². The van der Waals surface area contributed by atoms with Crippen molar-refractivity contribution in [2.45, 2.75) is 38.1 Å². The molecule has 0 aromatic heterocycles. The van der Waals surface area contributed by atoms with Crippen molar-refractivity contribution in [1.82, 2.24) is 4.90 Å². The van der Waals surface area contributed by atoms with E-state index in [-0.39, 0.29) is 5.54 Å². The van der Waals surface area contributed by atoms with Gasteiger partial charge in [-0.15, -0.1) is 0 Å². The maximum atomic E-state index is 6.06. The Labute approximate surface area is 112 Å². The SMILES string of the molecule is COCCN(CCOC)C(C)(CN)CC1CCC1. The Kier molecular flexibility index (Phi) is 7.15. The molecule has 0 amide bonds. The van der Waals surface area contributed by atoms with Crippen LogP contribution in [0.15, 0.2) is 0 Å². The van der Waals surface area contributed by atoms with Crippen molar-refractivity contribution in [2.75, 3.05) is 47.1 Å². The Morgan fingerprint density at radius 3 is 2.06 bits per heavy atom. The summed E-state index contributed by atoms with van der Waals surface area (Å²) in [5.41, 5.74) is 6.14. The largest absolute Gasteiger partial charge is 0.383 e. The number of nitrogens with two attached hydrogens (primary N) is 1. The number of hydrogen-bond acceptors (Lipinski definition) is 4. The zero-order chi connectivity index (χ0) is 13.4. The first-order chi connectivity index (χ1) is 8.66. The molecule has 0 aromatic carbocycles. The fraction of sp³-hybridized carbons (Fsp3) is 1.00. The fourth-order valence-corrected chi connectivity index (χ4v) is 2.71. The van der Waals surface area contributed by atoms with E-state index in [0.29, 0.717) is 6.54 Å². The summed E-state index contributed by atoms with van der Waals surface area (Å²) in [6.07, 6.45) is 5.34. The zero-order valence-electron chi connectivity index (χ0n) is 12.3. The lowest BCUT2D eigenvalue weighted by molar-refractivity contribution is 0.0247. The van der Waals surface area contributed by atoms with Crippen LogP contribution in [0.5, 0.6) is 0 Å². The second-order valence-electron chi connectivity index (χ2n) is 5.67. The first-order valence-electron chi connectivity index (χ1n) is 7.09. The number of rotatable bonds is 10. The number of hydrogen-bond donors (Lipinski definition) is 1. The van der Waals surface area contributed by atoms with Crippen molar-refractivity contribution in [3.8, 4) is 0 Å². The summed E-state index contributed by atoms with van der Waals surface area (Å²) in [5, 5.41) is 0. The number of methoxy groups -OCH3 is 2. The van der Waals surface area contributed by atoms with Crippen LogP contribution in [0.2, 0.25) is 0 Å². The number of nitrogens with zero attached hydrogens (tertiary/aromatic N) is 1. The van der Waals surface area contributed by atoms with Crippen molar-refractivity contribution in [3.63, 3.8) is 0 Å². The van der Waals surface area contributed by atoms with E-state index < -0.39 is 0 Å². The van der Waals surface area contributed by atoms with Gasteiger partial charge >= 0.3 is 0 Å². The average Bonchev–Trinajstić information content (AvgIpc) is 2.34. The third-order valence-electron chi connectivity index (χ3n) is 4.29. The second-order valence-corrected chi connectivity index (χ2v) is 5.67. The fourth-order valence-electron chi connectivity index (χ4n) is 2.71. The van der Waals surface area contributed by atoms with E-state index in [1.807, 2.05) is 0 Å². The topological polar surface area (TPSA) is 47.7 Å². The van der Waals surface area contributed by atoms with Crippen LogP contribution in [0.25, 0.3) is 0 Å². The molecule has 1 saturated carbocycles. The molecule has 1 unspecified atom stereocenters. The lowest BCUT2D eigenvalue weighted by atomic mass is 9.76. The summed E-state index contributed by atoms with van der Waals surface area (Å²) < 4.78 is 10.4. The van der Waals surface area contributed by atoms with Gasteiger partial charge in [-0.25, -0.2) is 0 Å². The van der Waals surface area contributed by atoms with E-state index in [1.54, 1.807) is 14.2 Å². The van der Waals surface area contributed by atoms with Gasteiger partial charge in [0.25, 0.3) is 0 Å². The van der Waals surface area contributed by atoms with Gasteiger partial charge in [0.2, 0.25) is 0 Å². The lowest BCUT2D eigenvalue weighted by Crippen LogP contribution is -2.55. The van der Waals surface area contributed by atoms with Gasteiger partial charge in [-0.3, -0.25) is 4.90 Å². The normalized spacial score (nSPS) is 19.8. The van der Waals surface area contributed by atoms with Crippen LogP contribution >= 0.6 is 0 Å². The summed E-state index contributed by atoms with van der Waals surface area (Å²) >= 11 is 0. The molecule has 0 radical (unpaired) electrons. The molecule has 0 aromatic rings. The minimum Gasteiger partial charge on any atom is -0.383 e. The smallest absolute Gasteiger partial charge is 0.0589 e. The van der Waals surface area contributed by atoms with E-state index >= 15 is 0 Å². The highest BCUT2D eigenvalue weighted by Gasteiger charge is 2.34. The van der Waals surface area contributed by atoms with Gasteiger partial charge < -0.3 is 15.2 Å². The molecule has 1 rings (SSSR count). The maximum absolute atomic E-state index is 6.06. The van der Waals surface area contributed by atoms with Gasteiger partial charge in [-0.1, -0.05) is 19.3 Å². The molecule has 4 nitrogen and oxygen atoms in total. The Morgan fingerprint density at radius 2 is 1.72 bits per heavy atom. The molecule has 0 heterocycles. The molecule has 0 spiro atoms. The summed E-state index contributed by atoms with van der Waals surface area (Å²) in [7, 11) is 3.50. The molecular weight excluding hydrogens is 228 g/mol. The molecule has 1 fully saturated rings. The van der Waals surface area contributed by atoms with Gasteiger partial charge in [0.1, 0.15) is 0 Å². The zero-order valence-corrected chi connectivity index (χ0v) is 12.3. The third-order valence-corrected chi connectivity index (χ3v) is 4.29. The molecule has 4 heteroatoms. The molecule has 0 bridgehead atoms. The predicted octanol–water partition coefficient (Wildman–Crippen LogP) is 1.49. The highest BCUT2D eigenvalue weighted by atomic mass is 16.5. The van der Waals surface area contributed by atoms with Crippen LogP contribution in [-0.4, -0.2) is 57.5 Å². The van der Waals surface area contributed by atoms with Crippen LogP contribution in [0, 0.1) is 5.92 Å². The minimum absolute atomic E-state index is 0.0855. The maximum Gasteiger partial charge on any atom is 0.0589 e. The molecule has 108 valence electrons. The van der Waals surface area contributed by atoms with Crippen molar-refractivity contribution >= 4 is 0 Å². The summed E-state index contributed by atoms with van der Waals surface area (Å²) in [5.74, 6) is 0.867. The predicted molar refractivity (Wildman–Crippen MR) is 74.7 cm³/mol. The van der Waals surface area contributed by atoms with Crippen LogP contribution in [-0.2, 0) is 9.47 Å². The molecular formula is C14H30N2O2. The van der Waals surface area contributed by atoms with Crippen LogP contribution in [0.4, 0.5) is 0 Å². The van der Waals surface area contributed by atoms with Crippen molar-refractivity contribution in [2.24, 2.45) is 11.7 Å². The molecule has 1 aliphatic carbocycles. The Bertz CT molecular complexity index is 214. The average molecular weight is 258 g/mol. The second kappa shape index (κ2) is 8.10. The summed E-state index contributed by atoms with van der Waals surface area (Å²) in [4.78, 5) is 2.44. The van der Waals surface area contributed by atoms with E-state index in [9.17, 15) is 0 Å². The van der Waals surface area contributed by atoms with Gasteiger partial charge in [0, 0.05) is 39.4 Å². The van der Waals surface area contributed by atoms with Gasteiger partial charge in [-0.05, 0) is 19.3 Å². The summed E-state index contributed by atoms with van der Waals surface area (Å²) in [6.45, 7) is 6.36. The molecule has 0 aliphatic heterocycles. The van der Waals surface area contributed by atoms with E-state index in [4.69, 9.17) is 15.2 Å². The minimum atomic E-state index is 0.0855. The summed E-state index contributed by atoms with van der Waals surface area (Å²) in [6, 6.07) is 0. The number of ether oxygens (including phenoxy) is 2. The quantitative estimate of drug-likeness (QED) is 0.645. The van der Waals surface area contributed by atoms with E-state index in [1.165, 1.54) is 25.7 Å². The molecule has 18 heavy (non-hydrogen) atoms. The Hall–Kier alpha value is -0.160. The highest BCUT2D eigenvalue weighted by molar-refractivity contribution is 4.91. The molecule has 1 atom stereocenters. The van der Waals surface area contributed by atoms with Crippen LogP contribution in [0.1, 0.15) is 32.6 Å². The third kappa shape index (κ3) is 4.50. The van der Waals surface area contributed by atoms with Gasteiger partial charge in [-0.2, -0.15) is 0 Å². The first kappa shape index (κ1) is 15.9. The van der Waals surface area contributed by atoms with Crippen molar-refractivity contribution in [1.29, 1.82) is 0 Å². The molecule has 2 N–H and O–H groups in total. The Balaban J connectivity index is 2.56. The molecule has 0 saturated heterocycles. The first-order valence-corrected chi connectivity index (χ1v) is 7.09. The van der Waals surface area contributed by atoms with Crippen LogP contribution in [0.3, 0.4) is 0 Å². The highest BCUT2D eigenvalue weighted by Crippen LogP contribution is 2.35. The Morgan fingerprint density at radius 1 is 1.17 bits per heavy atom. The van der Waals surface area contributed by atoms with Gasteiger partial charge in [0.05, 0.1) is 13.2 Å². The van der Waals surface area contributed by atoms with E-state index in [0.717, 1.165) is 32.2 Å². The van der Waals surface area contributed by atoms with Crippen LogP contribution < -0.4 is 5.73 Å². The van der Waals surface area contributed by atoms with Gasteiger partial charge in [0.15, 0.2) is 0 Å². The molecule has 1 aliphatic rings. The van der Waals surface area contributed by atoms with Crippen molar-refractivity contribution in [3.05, 3.63) is 0 Å². The lowest BCUT2D eigenvalue weighted by Gasteiger charge is -2.44.